The van der Waals surface area contributed by atoms with Crippen LogP contribution in [0.5, 0.6) is 0 Å². The number of hydrogen-bond donors (Lipinski definition) is 1. The van der Waals surface area contributed by atoms with Gasteiger partial charge in [0.25, 0.3) is 0 Å². The Labute approximate surface area is 161 Å². The molecule has 0 aliphatic carbocycles. The molecule has 1 N–H and O–H groups in total. The molecule has 1 fully saturated rings. The number of nitrogens with zero attached hydrogens (tertiary/aromatic N) is 2. The summed E-state index contributed by atoms with van der Waals surface area (Å²) < 4.78 is 5.75. The second-order valence-electron chi connectivity index (χ2n) is 5.93. The molecule has 7 heteroatoms. The van der Waals surface area contributed by atoms with E-state index in [9.17, 15) is 4.79 Å². The van der Waals surface area contributed by atoms with Crippen molar-refractivity contribution in [2.24, 2.45) is 0 Å². The fraction of sp³-hybridized carbons (Fsp3) is 0.444. The van der Waals surface area contributed by atoms with Crippen molar-refractivity contribution in [3.8, 4) is 11.3 Å². The first kappa shape index (κ1) is 21.5. The zero-order chi connectivity index (χ0) is 16.1. The van der Waals surface area contributed by atoms with E-state index in [0.29, 0.717) is 24.8 Å². The van der Waals surface area contributed by atoms with E-state index in [2.05, 4.69) is 10.3 Å². The quantitative estimate of drug-likeness (QED) is 0.857. The number of carbonyl (C=O) groups is 1. The first-order valence-corrected chi connectivity index (χ1v) is 8.21. The Balaban J connectivity index is 0.00000156. The van der Waals surface area contributed by atoms with Gasteiger partial charge in [-0.05, 0) is 19.9 Å². The smallest absolute Gasteiger partial charge is 0.223 e. The Morgan fingerprint density at radius 3 is 2.56 bits per heavy atom. The molecule has 0 saturated carbocycles. The van der Waals surface area contributed by atoms with Gasteiger partial charge in [0.1, 0.15) is 0 Å². The summed E-state index contributed by atoms with van der Waals surface area (Å²) in [6.07, 6.45) is 4.79. The highest BCUT2D eigenvalue weighted by Gasteiger charge is 2.21. The van der Waals surface area contributed by atoms with Crippen molar-refractivity contribution in [2.75, 3.05) is 20.1 Å². The molecule has 0 unspecified atom stereocenters. The van der Waals surface area contributed by atoms with Gasteiger partial charge >= 0.3 is 0 Å². The first-order chi connectivity index (χ1) is 11.3. The highest BCUT2D eigenvalue weighted by molar-refractivity contribution is 5.85. The molecule has 1 aliphatic rings. The van der Waals surface area contributed by atoms with E-state index in [-0.39, 0.29) is 30.7 Å². The van der Waals surface area contributed by atoms with Gasteiger partial charge in [0.05, 0.1) is 6.20 Å². The highest BCUT2D eigenvalue weighted by Crippen LogP contribution is 2.20. The number of halogens is 2. The minimum atomic E-state index is 0. The third kappa shape index (κ3) is 5.73. The van der Waals surface area contributed by atoms with Crippen molar-refractivity contribution < 1.29 is 9.21 Å². The van der Waals surface area contributed by atoms with E-state index in [1.54, 1.807) is 6.20 Å². The molecule has 0 spiro atoms. The Morgan fingerprint density at radius 1 is 1.24 bits per heavy atom. The third-order valence-electron chi connectivity index (χ3n) is 4.42. The van der Waals surface area contributed by atoms with Crippen molar-refractivity contribution in [3.63, 3.8) is 0 Å². The number of benzene rings is 1. The van der Waals surface area contributed by atoms with Gasteiger partial charge in [-0.2, -0.15) is 0 Å². The molecule has 1 aliphatic heterocycles. The zero-order valence-electron chi connectivity index (χ0n) is 14.3. The van der Waals surface area contributed by atoms with Gasteiger partial charge in [-0.15, -0.1) is 24.8 Å². The Kier molecular flexibility index (Phi) is 8.97. The molecule has 0 atom stereocenters. The fourth-order valence-corrected chi connectivity index (χ4v) is 2.95. The van der Waals surface area contributed by atoms with Gasteiger partial charge in [-0.25, -0.2) is 4.98 Å². The number of aromatic nitrogens is 1. The van der Waals surface area contributed by atoms with Crippen molar-refractivity contribution in [1.29, 1.82) is 0 Å². The molecule has 25 heavy (non-hydrogen) atoms. The van der Waals surface area contributed by atoms with Crippen LogP contribution < -0.4 is 5.32 Å². The monoisotopic (exact) mass is 385 g/mol. The molecular formula is C18H25Cl2N3O2. The van der Waals surface area contributed by atoms with E-state index in [0.717, 1.165) is 37.3 Å². The maximum absolute atomic E-state index is 12.3. The Hall–Kier alpha value is -1.56. The van der Waals surface area contributed by atoms with Crippen LogP contribution in [0.2, 0.25) is 0 Å². The summed E-state index contributed by atoms with van der Waals surface area (Å²) in [4.78, 5) is 18.5. The number of oxazole rings is 1. The normalized spacial score (nSPS) is 14.5. The van der Waals surface area contributed by atoms with Crippen LogP contribution in [0.1, 0.15) is 25.2 Å². The summed E-state index contributed by atoms with van der Waals surface area (Å²) in [6, 6.07) is 10.4. The number of rotatable bonds is 5. The second-order valence-corrected chi connectivity index (χ2v) is 5.93. The van der Waals surface area contributed by atoms with Gasteiger partial charge in [-0.1, -0.05) is 30.3 Å². The number of likely N-dealkylation sites (tertiary alicyclic amines) is 1. The van der Waals surface area contributed by atoms with Gasteiger partial charge in [0.15, 0.2) is 11.7 Å². The number of carbonyl (C=O) groups excluding carboxylic acids is 1. The Morgan fingerprint density at radius 2 is 1.92 bits per heavy atom. The lowest BCUT2D eigenvalue weighted by Gasteiger charge is -2.31. The number of nitrogens with one attached hydrogen (secondary N) is 1. The zero-order valence-corrected chi connectivity index (χ0v) is 15.9. The van der Waals surface area contributed by atoms with Crippen LogP contribution in [-0.4, -0.2) is 42.0 Å². The summed E-state index contributed by atoms with van der Waals surface area (Å²) in [5, 5.41) is 3.28. The Bertz CT molecular complexity index is 641. The molecule has 5 nitrogen and oxygen atoms in total. The van der Waals surface area contributed by atoms with Crippen LogP contribution in [0.25, 0.3) is 11.3 Å². The van der Waals surface area contributed by atoms with Crippen LogP contribution in [-0.2, 0) is 11.2 Å². The topological polar surface area (TPSA) is 58.4 Å². The minimum Gasteiger partial charge on any atom is -0.441 e. The molecule has 1 amide bonds. The molecule has 1 aromatic carbocycles. The van der Waals surface area contributed by atoms with Crippen molar-refractivity contribution in [2.45, 2.75) is 31.7 Å². The predicted molar refractivity (Wildman–Crippen MR) is 103 cm³/mol. The summed E-state index contributed by atoms with van der Waals surface area (Å²) in [7, 11) is 1.98. The van der Waals surface area contributed by atoms with Crippen molar-refractivity contribution >= 4 is 30.7 Å². The first-order valence-electron chi connectivity index (χ1n) is 8.21. The third-order valence-corrected chi connectivity index (χ3v) is 4.42. The maximum Gasteiger partial charge on any atom is 0.223 e. The van der Waals surface area contributed by atoms with E-state index in [4.69, 9.17) is 4.42 Å². The minimum absolute atomic E-state index is 0. The van der Waals surface area contributed by atoms with E-state index >= 15 is 0 Å². The molecule has 1 saturated heterocycles. The average molecular weight is 386 g/mol. The van der Waals surface area contributed by atoms with Crippen LogP contribution in [0, 0.1) is 0 Å². The number of hydrogen-bond acceptors (Lipinski definition) is 4. The molecular weight excluding hydrogens is 361 g/mol. The van der Waals surface area contributed by atoms with E-state index in [1.807, 2.05) is 42.3 Å². The fourth-order valence-electron chi connectivity index (χ4n) is 2.95. The van der Waals surface area contributed by atoms with E-state index in [1.165, 1.54) is 0 Å². The SMILES string of the molecule is CNC1CCN(C(=O)CCc2ncc(-c3ccccc3)o2)CC1.Cl.Cl. The lowest BCUT2D eigenvalue weighted by molar-refractivity contribution is -0.132. The number of aryl methyl sites for hydroxylation is 1. The molecule has 0 bridgehead atoms. The van der Waals surface area contributed by atoms with Crippen LogP contribution in [0.15, 0.2) is 40.9 Å². The molecule has 3 rings (SSSR count). The second kappa shape index (κ2) is 10.4. The largest absolute Gasteiger partial charge is 0.441 e. The molecule has 2 heterocycles. The van der Waals surface area contributed by atoms with E-state index < -0.39 is 0 Å². The summed E-state index contributed by atoms with van der Waals surface area (Å²) in [5.41, 5.74) is 1.01. The molecule has 0 radical (unpaired) electrons. The lowest BCUT2D eigenvalue weighted by atomic mass is 10.0. The molecule has 138 valence electrons. The lowest BCUT2D eigenvalue weighted by Crippen LogP contribution is -2.44. The number of amides is 1. The summed E-state index contributed by atoms with van der Waals surface area (Å²) >= 11 is 0. The number of piperidine rings is 1. The summed E-state index contributed by atoms with van der Waals surface area (Å²) in [5.74, 6) is 1.57. The summed E-state index contributed by atoms with van der Waals surface area (Å²) in [6.45, 7) is 1.68. The van der Waals surface area contributed by atoms with Gasteiger partial charge in [0.2, 0.25) is 5.91 Å². The standard InChI is InChI=1S/C18H23N3O2.2ClH/c1-19-15-9-11-21(12-10-15)18(22)8-7-17-20-13-16(23-17)14-5-3-2-4-6-14;;/h2-6,13,15,19H,7-12H2,1H3;2*1H. The highest BCUT2D eigenvalue weighted by atomic mass is 35.5. The van der Waals surface area contributed by atoms with Crippen molar-refractivity contribution in [1.82, 2.24) is 15.2 Å². The van der Waals surface area contributed by atoms with Crippen LogP contribution in [0.4, 0.5) is 0 Å². The molecule has 2 aromatic rings. The molecule has 1 aromatic heterocycles. The maximum atomic E-state index is 12.3. The van der Waals surface area contributed by atoms with Crippen LogP contribution in [0.3, 0.4) is 0 Å². The van der Waals surface area contributed by atoms with Crippen LogP contribution >= 0.6 is 24.8 Å². The average Bonchev–Trinajstić information content (AvgIpc) is 3.09. The van der Waals surface area contributed by atoms with Gasteiger partial charge in [0, 0.05) is 37.5 Å². The predicted octanol–water partition coefficient (Wildman–Crippen LogP) is 3.33. The van der Waals surface area contributed by atoms with Crippen molar-refractivity contribution in [3.05, 3.63) is 42.4 Å². The van der Waals surface area contributed by atoms with Gasteiger partial charge in [-0.3, -0.25) is 4.79 Å². The van der Waals surface area contributed by atoms with Gasteiger partial charge < -0.3 is 14.6 Å².